The van der Waals surface area contributed by atoms with E-state index in [1.165, 1.54) is 18.2 Å². The van der Waals surface area contributed by atoms with Crippen LogP contribution in [0.3, 0.4) is 0 Å². The maximum atomic E-state index is 15.5. The lowest BCUT2D eigenvalue weighted by Gasteiger charge is -2.44. The lowest BCUT2D eigenvalue weighted by Crippen LogP contribution is -2.56. The highest BCUT2D eigenvalue weighted by Crippen LogP contribution is 2.57. The first-order chi connectivity index (χ1) is 15.2. The van der Waals surface area contributed by atoms with Crippen molar-refractivity contribution in [1.29, 1.82) is 0 Å². The van der Waals surface area contributed by atoms with Gasteiger partial charge in [0.1, 0.15) is 17.7 Å². The van der Waals surface area contributed by atoms with Gasteiger partial charge in [-0.1, -0.05) is 56.1 Å². The van der Waals surface area contributed by atoms with Gasteiger partial charge in [-0.2, -0.15) is 0 Å². The Kier molecular flexibility index (Phi) is 5.85. The minimum absolute atomic E-state index is 0.0946. The molecule has 0 saturated carbocycles. The molecule has 2 saturated heterocycles. The van der Waals surface area contributed by atoms with Crippen LogP contribution in [0.5, 0.6) is 0 Å². The second kappa shape index (κ2) is 7.91. The molecule has 4 unspecified atom stereocenters. The van der Waals surface area contributed by atoms with Crippen LogP contribution < -0.4 is 5.73 Å². The number of fused-ring (bicyclic) bond motifs is 1. The summed E-state index contributed by atoms with van der Waals surface area (Å²) in [5.41, 5.74) is 5.50. The second-order valence-corrected chi connectivity index (χ2v) is 11.6. The Labute approximate surface area is 203 Å². The Morgan fingerprint density at radius 2 is 1.76 bits per heavy atom. The molecule has 4 atom stereocenters. The van der Waals surface area contributed by atoms with Crippen molar-refractivity contribution in [2.45, 2.75) is 70.3 Å². The molecule has 4 nitrogen and oxygen atoms in total. The largest absolute Gasteiger partial charge is 0.443 e. The number of hydrogen-bond acceptors (Lipinski definition) is 4. The lowest BCUT2D eigenvalue weighted by molar-refractivity contribution is -0.152. The van der Waals surface area contributed by atoms with E-state index >= 15 is 4.39 Å². The minimum Gasteiger partial charge on any atom is -0.443 e. The molecule has 0 spiro atoms. The first-order valence-corrected chi connectivity index (χ1v) is 11.6. The van der Waals surface area contributed by atoms with Crippen molar-refractivity contribution in [3.8, 4) is 0 Å². The molecule has 2 aromatic carbocycles. The summed E-state index contributed by atoms with van der Waals surface area (Å²) in [6.45, 7) is 9.80. The summed E-state index contributed by atoms with van der Waals surface area (Å²) in [4.78, 5) is 15.2. The molecule has 2 aromatic rings. The summed E-state index contributed by atoms with van der Waals surface area (Å²) in [5, 5.41) is 0.148. The first kappa shape index (κ1) is 24.4. The monoisotopic (exact) mass is 496 g/mol. The quantitative estimate of drug-likeness (QED) is 0.530. The van der Waals surface area contributed by atoms with Crippen molar-refractivity contribution in [1.82, 2.24) is 4.90 Å². The lowest BCUT2D eigenvalue weighted by atomic mass is 9.68. The van der Waals surface area contributed by atoms with Gasteiger partial charge in [0, 0.05) is 22.5 Å². The average molecular weight is 497 g/mol. The summed E-state index contributed by atoms with van der Waals surface area (Å²) < 4.78 is 35.3. The van der Waals surface area contributed by atoms with E-state index in [-0.39, 0.29) is 21.0 Å². The maximum Gasteiger partial charge on any atom is 0.325 e. The van der Waals surface area contributed by atoms with Gasteiger partial charge in [0.2, 0.25) is 0 Å². The molecule has 2 heterocycles. The van der Waals surface area contributed by atoms with Crippen molar-refractivity contribution < 1.29 is 18.3 Å². The van der Waals surface area contributed by atoms with Gasteiger partial charge in [-0.3, -0.25) is 4.79 Å². The fraction of sp³-hybridized carbons (Fsp3) is 0.480. The highest BCUT2D eigenvalue weighted by Gasteiger charge is 2.69. The van der Waals surface area contributed by atoms with E-state index < -0.39 is 46.9 Å². The van der Waals surface area contributed by atoms with Crippen LogP contribution >= 0.6 is 23.2 Å². The third kappa shape index (κ3) is 3.95. The number of esters is 1. The molecular weight excluding hydrogens is 469 g/mol. The Balaban J connectivity index is 2.04. The van der Waals surface area contributed by atoms with Crippen LogP contribution in [0.2, 0.25) is 10.0 Å². The third-order valence-corrected chi connectivity index (χ3v) is 7.26. The van der Waals surface area contributed by atoms with E-state index in [9.17, 15) is 9.18 Å². The standard InChI is InChI=1S/C25H28Cl2F2N2O2/c1-23(2,3)12-19-25(30,15-8-7-14(26)11-18(15)29)20(13-6-9-17(28)16(27)10-13)21-22(32)33-24(4,5)31(19)21/h6-11,19-21H,12,30H2,1-5H3. The van der Waals surface area contributed by atoms with Crippen LogP contribution in [0.15, 0.2) is 36.4 Å². The summed E-state index contributed by atoms with van der Waals surface area (Å²) in [5.74, 6) is -2.34. The van der Waals surface area contributed by atoms with Gasteiger partial charge in [0.05, 0.1) is 10.6 Å². The Morgan fingerprint density at radius 1 is 1.09 bits per heavy atom. The van der Waals surface area contributed by atoms with Crippen LogP contribution in [0.1, 0.15) is 58.1 Å². The molecule has 0 aromatic heterocycles. The highest BCUT2D eigenvalue weighted by molar-refractivity contribution is 6.31. The van der Waals surface area contributed by atoms with Crippen LogP contribution in [0.4, 0.5) is 8.78 Å². The number of hydrogen-bond donors (Lipinski definition) is 1. The van der Waals surface area contributed by atoms with E-state index in [0.29, 0.717) is 12.0 Å². The zero-order valence-electron chi connectivity index (χ0n) is 19.3. The molecule has 2 aliphatic heterocycles. The second-order valence-electron chi connectivity index (χ2n) is 10.7. The molecule has 8 heteroatoms. The maximum absolute atomic E-state index is 15.5. The fourth-order valence-corrected chi connectivity index (χ4v) is 5.92. The molecule has 4 rings (SSSR count). The zero-order chi connectivity index (χ0) is 24.5. The number of carbonyl (C=O) groups excluding carboxylic acids is 1. The van der Waals surface area contributed by atoms with Gasteiger partial charge >= 0.3 is 5.97 Å². The SMILES string of the molecule is CC(C)(C)CC1N2C(C(=O)OC2(C)C)C(c2ccc(F)c(Cl)c2)C1(N)c1ccc(Cl)cc1F. The van der Waals surface area contributed by atoms with E-state index in [0.717, 1.165) is 0 Å². The number of benzene rings is 2. The normalized spacial score (nSPS) is 29.3. The van der Waals surface area contributed by atoms with Gasteiger partial charge in [-0.15, -0.1) is 0 Å². The van der Waals surface area contributed by atoms with E-state index in [1.54, 1.807) is 32.0 Å². The highest BCUT2D eigenvalue weighted by atomic mass is 35.5. The number of carbonyl (C=O) groups is 1. The molecule has 33 heavy (non-hydrogen) atoms. The van der Waals surface area contributed by atoms with E-state index in [1.807, 2.05) is 4.90 Å². The molecule has 2 fully saturated rings. The van der Waals surface area contributed by atoms with Crippen molar-refractivity contribution in [2.24, 2.45) is 11.1 Å². The number of nitrogens with two attached hydrogens (primary N) is 1. The molecular formula is C25H28Cl2F2N2O2. The smallest absolute Gasteiger partial charge is 0.325 e. The topological polar surface area (TPSA) is 55.6 Å². The predicted octanol–water partition coefficient (Wildman–Crippen LogP) is 5.99. The molecule has 0 radical (unpaired) electrons. The summed E-state index contributed by atoms with van der Waals surface area (Å²) in [6, 6.07) is 7.37. The van der Waals surface area contributed by atoms with Crippen LogP contribution in [0.25, 0.3) is 0 Å². The summed E-state index contributed by atoms with van der Waals surface area (Å²) in [7, 11) is 0. The predicted molar refractivity (Wildman–Crippen MR) is 125 cm³/mol. The number of cyclic esters (lactones) is 1. The van der Waals surface area contributed by atoms with Crippen LogP contribution in [-0.4, -0.2) is 28.7 Å². The number of nitrogens with zero attached hydrogens (tertiary/aromatic N) is 1. The van der Waals surface area contributed by atoms with Crippen molar-refractivity contribution in [2.75, 3.05) is 0 Å². The molecule has 0 amide bonds. The Morgan fingerprint density at radius 3 is 2.33 bits per heavy atom. The van der Waals surface area contributed by atoms with Gasteiger partial charge in [-0.05, 0) is 55.5 Å². The summed E-state index contributed by atoms with van der Waals surface area (Å²) in [6.07, 6.45) is 0.549. The Hall–Kier alpha value is -1.73. The average Bonchev–Trinajstić information content (AvgIpc) is 3.05. The van der Waals surface area contributed by atoms with E-state index in [2.05, 4.69) is 20.8 Å². The van der Waals surface area contributed by atoms with Crippen LogP contribution in [-0.2, 0) is 15.1 Å². The number of halogens is 4. The molecule has 0 bridgehead atoms. The minimum atomic E-state index is -1.36. The third-order valence-electron chi connectivity index (χ3n) is 6.74. The van der Waals surface area contributed by atoms with Gasteiger partial charge in [0.25, 0.3) is 0 Å². The van der Waals surface area contributed by atoms with Crippen molar-refractivity contribution in [3.05, 3.63) is 69.2 Å². The van der Waals surface area contributed by atoms with Gasteiger partial charge in [-0.25, -0.2) is 13.7 Å². The van der Waals surface area contributed by atoms with Gasteiger partial charge < -0.3 is 10.5 Å². The van der Waals surface area contributed by atoms with Crippen LogP contribution in [0, 0.1) is 17.0 Å². The molecule has 2 N–H and O–H groups in total. The summed E-state index contributed by atoms with van der Waals surface area (Å²) >= 11 is 12.2. The van der Waals surface area contributed by atoms with Gasteiger partial charge in [0.15, 0.2) is 5.72 Å². The number of ether oxygens (including phenoxy) is 1. The fourth-order valence-electron chi connectivity index (χ4n) is 5.57. The first-order valence-electron chi connectivity index (χ1n) is 10.9. The Bertz CT molecular complexity index is 1120. The molecule has 178 valence electrons. The molecule has 2 aliphatic rings. The zero-order valence-corrected chi connectivity index (χ0v) is 20.8. The molecule has 0 aliphatic carbocycles. The van der Waals surface area contributed by atoms with Crippen molar-refractivity contribution in [3.63, 3.8) is 0 Å². The van der Waals surface area contributed by atoms with Crippen molar-refractivity contribution >= 4 is 29.2 Å². The number of rotatable bonds is 3. The van der Waals surface area contributed by atoms with E-state index in [4.69, 9.17) is 33.7 Å².